The first-order valence-electron chi connectivity index (χ1n) is 5.75. The van der Waals surface area contributed by atoms with E-state index in [9.17, 15) is 14.3 Å². The number of carbonyl (C=O) groups is 1. The zero-order valence-electron chi connectivity index (χ0n) is 10.5. The fourth-order valence-corrected chi connectivity index (χ4v) is 2.20. The van der Waals surface area contributed by atoms with Crippen LogP contribution in [0.15, 0.2) is 24.3 Å². The molecular weight excluding hydrogens is 253 g/mol. The lowest BCUT2D eigenvalue weighted by Gasteiger charge is -2.15. The molecule has 0 bridgehead atoms. The minimum Gasteiger partial charge on any atom is -0.386 e. The summed E-state index contributed by atoms with van der Waals surface area (Å²) in [6.07, 6.45) is 0.912. The van der Waals surface area contributed by atoms with Crippen LogP contribution in [0.4, 0.5) is 4.39 Å². The van der Waals surface area contributed by atoms with Crippen molar-refractivity contribution in [2.75, 3.05) is 18.6 Å². The Balaban J connectivity index is 2.49. The van der Waals surface area contributed by atoms with Gasteiger partial charge in [0.25, 0.3) is 0 Å². The van der Waals surface area contributed by atoms with Gasteiger partial charge in [-0.15, -0.1) is 0 Å². The second-order valence-electron chi connectivity index (χ2n) is 4.14. The predicted octanol–water partition coefficient (Wildman–Crippen LogP) is 1.97. The maximum absolute atomic E-state index is 13.4. The second-order valence-corrected chi connectivity index (χ2v) is 5.05. The van der Waals surface area contributed by atoms with Crippen molar-refractivity contribution in [2.45, 2.75) is 13.0 Å². The summed E-state index contributed by atoms with van der Waals surface area (Å²) in [5.74, 6) is 0.0192. The van der Waals surface area contributed by atoms with Crippen LogP contribution in [0.3, 0.4) is 0 Å². The normalized spacial score (nSPS) is 14.0. The Labute approximate surface area is 111 Å². The maximum Gasteiger partial charge on any atom is 0.223 e. The van der Waals surface area contributed by atoms with E-state index in [1.807, 2.05) is 13.2 Å². The quantitative estimate of drug-likeness (QED) is 0.831. The number of nitrogens with one attached hydrogen (secondary N) is 1. The smallest absolute Gasteiger partial charge is 0.223 e. The van der Waals surface area contributed by atoms with E-state index in [4.69, 9.17) is 0 Å². The van der Waals surface area contributed by atoms with Crippen molar-refractivity contribution in [3.05, 3.63) is 35.6 Å². The minimum atomic E-state index is -1.02. The molecule has 2 N–H and O–H groups in total. The first-order chi connectivity index (χ1) is 8.56. The van der Waals surface area contributed by atoms with Crippen molar-refractivity contribution >= 4 is 17.7 Å². The van der Waals surface area contributed by atoms with Crippen molar-refractivity contribution in [3.8, 4) is 0 Å². The van der Waals surface area contributed by atoms with Gasteiger partial charge in [0.05, 0.1) is 6.10 Å². The van der Waals surface area contributed by atoms with Crippen LogP contribution < -0.4 is 5.32 Å². The van der Waals surface area contributed by atoms with Crippen LogP contribution in [-0.4, -0.2) is 29.6 Å². The molecule has 0 aromatic heterocycles. The molecule has 5 heteroatoms. The number of halogens is 1. The van der Waals surface area contributed by atoms with Crippen molar-refractivity contribution in [3.63, 3.8) is 0 Å². The summed E-state index contributed by atoms with van der Waals surface area (Å²) in [5, 5.41) is 12.4. The minimum absolute atomic E-state index is 0.0263. The lowest BCUT2D eigenvalue weighted by Crippen LogP contribution is -2.33. The van der Waals surface area contributed by atoms with E-state index in [0.717, 1.165) is 5.75 Å². The summed E-state index contributed by atoms with van der Waals surface area (Å²) in [7, 11) is 0. The molecule has 0 aliphatic heterocycles. The van der Waals surface area contributed by atoms with Crippen LogP contribution >= 0.6 is 11.8 Å². The predicted molar refractivity (Wildman–Crippen MR) is 71.9 cm³/mol. The van der Waals surface area contributed by atoms with Gasteiger partial charge in [0.2, 0.25) is 5.91 Å². The lowest BCUT2D eigenvalue weighted by atomic mass is 10.1. The summed E-state index contributed by atoms with van der Waals surface area (Å²) in [4.78, 5) is 11.6. The Morgan fingerprint density at radius 3 is 2.78 bits per heavy atom. The molecular formula is C13H18FNO2S. The Kier molecular flexibility index (Phi) is 6.15. The van der Waals surface area contributed by atoms with Gasteiger partial charge in [-0.25, -0.2) is 4.39 Å². The van der Waals surface area contributed by atoms with Gasteiger partial charge in [-0.3, -0.25) is 4.79 Å². The van der Waals surface area contributed by atoms with Gasteiger partial charge < -0.3 is 10.4 Å². The van der Waals surface area contributed by atoms with E-state index in [-0.39, 0.29) is 23.9 Å². The Morgan fingerprint density at radius 2 is 2.17 bits per heavy atom. The molecule has 0 unspecified atom stereocenters. The SMILES string of the molecule is CSC[C@@H](C)C(=O)NC[C@@H](O)c1ccccc1F. The average molecular weight is 271 g/mol. The van der Waals surface area contributed by atoms with Crippen LogP contribution in [0.2, 0.25) is 0 Å². The highest BCUT2D eigenvalue weighted by atomic mass is 32.2. The molecule has 2 atom stereocenters. The van der Waals surface area contributed by atoms with Crippen LogP contribution in [0.25, 0.3) is 0 Å². The summed E-state index contributed by atoms with van der Waals surface area (Å²) in [6, 6.07) is 6.01. The fourth-order valence-electron chi connectivity index (χ4n) is 1.55. The van der Waals surface area contributed by atoms with E-state index >= 15 is 0 Å². The van der Waals surface area contributed by atoms with Gasteiger partial charge in [0, 0.05) is 23.8 Å². The van der Waals surface area contributed by atoms with Crippen molar-refractivity contribution in [1.29, 1.82) is 0 Å². The number of hydrogen-bond donors (Lipinski definition) is 2. The summed E-state index contributed by atoms with van der Waals surface area (Å²) in [6.45, 7) is 1.85. The molecule has 18 heavy (non-hydrogen) atoms. The number of aliphatic hydroxyl groups excluding tert-OH is 1. The van der Waals surface area contributed by atoms with E-state index in [1.54, 1.807) is 23.9 Å². The Bertz CT molecular complexity index is 400. The molecule has 3 nitrogen and oxygen atoms in total. The molecule has 0 heterocycles. The molecule has 1 rings (SSSR count). The molecule has 0 spiro atoms. The molecule has 0 aliphatic carbocycles. The highest BCUT2D eigenvalue weighted by molar-refractivity contribution is 7.98. The molecule has 0 aliphatic rings. The highest BCUT2D eigenvalue weighted by Gasteiger charge is 2.16. The number of hydrogen-bond acceptors (Lipinski definition) is 3. The maximum atomic E-state index is 13.4. The number of thioether (sulfide) groups is 1. The van der Waals surface area contributed by atoms with Crippen molar-refractivity contribution < 1.29 is 14.3 Å². The molecule has 100 valence electrons. The first kappa shape index (κ1) is 15.0. The molecule has 0 fully saturated rings. The molecule has 0 saturated heterocycles. The molecule has 1 aromatic carbocycles. The van der Waals surface area contributed by atoms with Gasteiger partial charge in [-0.05, 0) is 12.3 Å². The van der Waals surface area contributed by atoms with Crippen LogP contribution in [-0.2, 0) is 4.79 Å². The van der Waals surface area contributed by atoms with E-state index in [1.165, 1.54) is 12.1 Å². The van der Waals surface area contributed by atoms with E-state index in [2.05, 4.69) is 5.32 Å². The summed E-state index contributed by atoms with van der Waals surface area (Å²) < 4.78 is 13.4. The average Bonchev–Trinajstić information content (AvgIpc) is 2.36. The third-order valence-corrected chi connectivity index (χ3v) is 3.43. The van der Waals surface area contributed by atoms with Crippen molar-refractivity contribution in [1.82, 2.24) is 5.32 Å². The van der Waals surface area contributed by atoms with E-state index in [0.29, 0.717) is 0 Å². The monoisotopic (exact) mass is 271 g/mol. The zero-order chi connectivity index (χ0) is 13.5. The van der Waals surface area contributed by atoms with Gasteiger partial charge in [-0.1, -0.05) is 25.1 Å². The number of benzene rings is 1. The van der Waals surface area contributed by atoms with Crippen LogP contribution in [0.5, 0.6) is 0 Å². The van der Waals surface area contributed by atoms with Gasteiger partial charge in [0.1, 0.15) is 5.82 Å². The number of carbonyl (C=O) groups excluding carboxylic acids is 1. The van der Waals surface area contributed by atoms with E-state index < -0.39 is 11.9 Å². The lowest BCUT2D eigenvalue weighted by molar-refractivity contribution is -0.124. The summed E-state index contributed by atoms with van der Waals surface area (Å²) in [5.41, 5.74) is 0.204. The Morgan fingerprint density at radius 1 is 1.50 bits per heavy atom. The molecule has 0 saturated carbocycles. The second kappa shape index (κ2) is 7.38. The van der Waals surface area contributed by atoms with Crippen LogP contribution in [0, 0.1) is 11.7 Å². The number of rotatable bonds is 6. The fraction of sp³-hybridized carbons (Fsp3) is 0.462. The Hall–Kier alpha value is -1.07. The first-order valence-corrected chi connectivity index (χ1v) is 7.14. The molecule has 1 amide bonds. The third kappa shape index (κ3) is 4.31. The largest absolute Gasteiger partial charge is 0.386 e. The van der Waals surface area contributed by atoms with Gasteiger partial charge in [-0.2, -0.15) is 11.8 Å². The highest BCUT2D eigenvalue weighted by Crippen LogP contribution is 2.15. The van der Waals surface area contributed by atoms with Crippen molar-refractivity contribution in [2.24, 2.45) is 5.92 Å². The number of aliphatic hydroxyl groups is 1. The molecule has 0 radical (unpaired) electrons. The summed E-state index contributed by atoms with van der Waals surface area (Å²) >= 11 is 1.59. The van der Waals surface area contributed by atoms with Crippen LogP contribution in [0.1, 0.15) is 18.6 Å². The topological polar surface area (TPSA) is 49.3 Å². The zero-order valence-corrected chi connectivity index (χ0v) is 11.3. The third-order valence-electron chi connectivity index (χ3n) is 2.60. The number of amides is 1. The molecule has 1 aromatic rings. The van der Waals surface area contributed by atoms with Gasteiger partial charge >= 0.3 is 0 Å². The van der Waals surface area contributed by atoms with Gasteiger partial charge in [0.15, 0.2) is 0 Å². The standard InChI is InChI=1S/C13H18FNO2S/c1-9(8-18-2)13(17)15-7-12(16)10-5-3-4-6-11(10)14/h3-6,9,12,16H,7-8H2,1-2H3,(H,15,17)/t9-,12-/m1/s1.